The normalized spacial score (nSPS) is 16.8. The van der Waals surface area contributed by atoms with Crippen molar-refractivity contribution in [1.82, 2.24) is 20.1 Å². The van der Waals surface area contributed by atoms with Gasteiger partial charge in [-0.05, 0) is 12.8 Å². The van der Waals surface area contributed by atoms with Crippen molar-refractivity contribution in [3.8, 4) is 0 Å². The van der Waals surface area contributed by atoms with E-state index in [-0.39, 0.29) is 0 Å². The highest BCUT2D eigenvalue weighted by Gasteiger charge is 2.19. The van der Waals surface area contributed by atoms with Gasteiger partial charge < -0.3 is 5.32 Å². The lowest BCUT2D eigenvalue weighted by atomic mass is 10.4. The molecule has 1 aliphatic carbocycles. The van der Waals surface area contributed by atoms with E-state index in [4.69, 9.17) is 0 Å². The van der Waals surface area contributed by atoms with E-state index in [2.05, 4.69) is 15.4 Å². The Kier molecular flexibility index (Phi) is 2.08. The third kappa shape index (κ3) is 1.82. The van der Waals surface area contributed by atoms with Crippen molar-refractivity contribution >= 4 is 0 Å². The maximum atomic E-state index is 4.14. The van der Waals surface area contributed by atoms with Gasteiger partial charge in [-0.15, -0.1) is 0 Å². The molecule has 1 aromatic rings. The molecule has 0 amide bonds. The fourth-order valence-corrected chi connectivity index (χ4v) is 1.22. The van der Waals surface area contributed by atoms with Gasteiger partial charge in [-0.2, -0.15) is 5.10 Å². The van der Waals surface area contributed by atoms with Gasteiger partial charge in [-0.1, -0.05) is 0 Å². The smallest absolute Gasteiger partial charge is 0.138 e. The molecule has 2 rings (SSSR count). The molecular formula is C8H14N4. The molecule has 4 nitrogen and oxygen atoms in total. The van der Waals surface area contributed by atoms with Gasteiger partial charge in [-0.25, -0.2) is 4.98 Å². The first-order valence-electron chi connectivity index (χ1n) is 4.42. The third-order valence-electron chi connectivity index (χ3n) is 2.16. The highest BCUT2D eigenvalue weighted by atomic mass is 15.3. The zero-order chi connectivity index (χ0) is 8.39. The van der Waals surface area contributed by atoms with Crippen LogP contribution >= 0.6 is 0 Å². The van der Waals surface area contributed by atoms with Gasteiger partial charge in [-0.3, -0.25) is 4.68 Å². The Morgan fingerprint density at radius 1 is 1.67 bits per heavy atom. The number of nitrogens with one attached hydrogen (secondary N) is 1. The summed E-state index contributed by atoms with van der Waals surface area (Å²) in [7, 11) is 1.93. The Labute approximate surface area is 72.0 Å². The summed E-state index contributed by atoms with van der Waals surface area (Å²) in [5, 5.41) is 7.45. The minimum Gasteiger partial charge on any atom is -0.314 e. The number of hydrogen-bond acceptors (Lipinski definition) is 3. The van der Waals surface area contributed by atoms with Crippen LogP contribution in [-0.2, 0) is 13.5 Å². The molecule has 0 saturated heterocycles. The molecule has 1 saturated carbocycles. The Hall–Kier alpha value is -0.900. The van der Waals surface area contributed by atoms with Crippen molar-refractivity contribution in [2.45, 2.75) is 25.3 Å². The molecule has 0 atom stereocenters. The summed E-state index contributed by atoms with van der Waals surface area (Å²) in [5.41, 5.74) is 0. The van der Waals surface area contributed by atoms with Gasteiger partial charge in [0.25, 0.3) is 0 Å². The molecule has 1 aliphatic rings. The minimum atomic E-state index is 0.790. The summed E-state index contributed by atoms with van der Waals surface area (Å²) in [6, 6.07) is 0.790. The second-order valence-electron chi connectivity index (χ2n) is 3.28. The molecule has 0 radical (unpaired) electrons. The van der Waals surface area contributed by atoms with Crippen LogP contribution in [0.5, 0.6) is 0 Å². The molecule has 66 valence electrons. The van der Waals surface area contributed by atoms with Crippen molar-refractivity contribution in [2.24, 2.45) is 7.05 Å². The van der Waals surface area contributed by atoms with Crippen molar-refractivity contribution in [2.75, 3.05) is 6.54 Å². The SMILES string of the molecule is Cn1ncnc1CCNC1CC1. The summed E-state index contributed by atoms with van der Waals surface area (Å²) < 4.78 is 1.83. The van der Waals surface area contributed by atoms with Crippen molar-refractivity contribution in [1.29, 1.82) is 0 Å². The van der Waals surface area contributed by atoms with Crippen LogP contribution in [0.15, 0.2) is 6.33 Å². The van der Waals surface area contributed by atoms with Gasteiger partial charge in [0, 0.05) is 26.1 Å². The van der Waals surface area contributed by atoms with E-state index >= 15 is 0 Å². The van der Waals surface area contributed by atoms with E-state index in [1.54, 1.807) is 6.33 Å². The van der Waals surface area contributed by atoms with Gasteiger partial charge in [0.2, 0.25) is 0 Å². The van der Waals surface area contributed by atoms with Crippen molar-refractivity contribution in [3.05, 3.63) is 12.2 Å². The number of aryl methyl sites for hydroxylation is 1. The van der Waals surface area contributed by atoms with E-state index in [0.29, 0.717) is 0 Å². The first kappa shape index (κ1) is 7.73. The molecule has 1 N–H and O–H groups in total. The Morgan fingerprint density at radius 3 is 3.08 bits per heavy atom. The van der Waals surface area contributed by atoms with E-state index < -0.39 is 0 Å². The molecule has 1 fully saturated rings. The molecule has 4 heteroatoms. The zero-order valence-corrected chi connectivity index (χ0v) is 7.32. The lowest BCUT2D eigenvalue weighted by Gasteiger charge is -2.01. The molecule has 1 aromatic heterocycles. The van der Waals surface area contributed by atoms with Gasteiger partial charge in [0.15, 0.2) is 0 Å². The number of aromatic nitrogens is 3. The van der Waals surface area contributed by atoms with Crippen LogP contribution in [0.1, 0.15) is 18.7 Å². The first-order chi connectivity index (χ1) is 5.86. The minimum absolute atomic E-state index is 0.790. The van der Waals surface area contributed by atoms with E-state index in [9.17, 15) is 0 Å². The maximum Gasteiger partial charge on any atom is 0.138 e. The predicted molar refractivity (Wildman–Crippen MR) is 45.7 cm³/mol. The highest BCUT2D eigenvalue weighted by molar-refractivity contribution is 4.87. The number of hydrogen-bond donors (Lipinski definition) is 1. The quantitative estimate of drug-likeness (QED) is 0.690. The third-order valence-corrected chi connectivity index (χ3v) is 2.16. The van der Waals surface area contributed by atoms with Crippen LogP contribution < -0.4 is 5.32 Å². The molecule has 0 aliphatic heterocycles. The Morgan fingerprint density at radius 2 is 2.50 bits per heavy atom. The molecular weight excluding hydrogens is 152 g/mol. The fraction of sp³-hybridized carbons (Fsp3) is 0.750. The van der Waals surface area contributed by atoms with Crippen LogP contribution in [-0.4, -0.2) is 27.4 Å². The molecule has 0 unspecified atom stereocenters. The second-order valence-corrected chi connectivity index (χ2v) is 3.28. The lowest BCUT2D eigenvalue weighted by Crippen LogP contribution is -2.20. The summed E-state index contributed by atoms with van der Waals surface area (Å²) >= 11 is 0. The van der Waals surface area contributed by atoms with Crippen LogP contribution in [0.2, 0.25) is 0 Å². The van der Waals surface area contributed by atoms with Crippen LogP contribution in [0, 0.1) is 0 Å². The van der Waals surface area contributed by atoms with E-state index in [0.717, 1.165) is 24.8 Å². The van der Waals surface area contributed by atoms with Crippen LogP contribution in [0.4, 0.5) is 0 Å². The largest absolute Gasteiger partial charge is 0.314 e. The van der Waals surface area contributed by atoms with Gasteiger partial charge in [0.1, 0.15) is 12.2 Å². The first-order valence-corrected chi connectivity index (χ1v) is 4.42. The number of rotatable bonds is 4. The Balaban J connectivity index is 1.75. The van der Waals surface area contributed by atoms with Gasteiger partial charge in [0.05, 0.1) is 0 Å². The average molecular weight is 166 g/mol. The monoisotopic (exact) mass is 166 g/mol. The van der Waals surface area contributed by atoms with Crippen LogP contribution in [0.25, 0.3) is 0 Å². The second kappa shape index (κ2) is 3.23. The molecule has 12 heavy (non-hydrogen) atoms. The molecule has 0 bridgehead atoms. The summed E-state index contributed by atoms with van der Waals surface area (Å²) in [4.78, 5) is 4.14. The van der Waals surface area contributed by atoms with Crippen LogP contribution in [0.3, 0.4) is 0 Å². The van der Waals surface area contributed by atoms with Gasteiger partial charge >= 0.3 is 0 Å². The zero-order valence-electron chi connectivity index (χ0n) is 7.32. The van der Waals surface area contributed by atoms with E-state index in [1.165, 1.54) is 12.8 Å². The standard InChI is InChI=1S/C8H14N4/c1-12-8(10-6-11-12)4-5-9-7-2-3-7/h6-7,9H,2-5H2,1H3. The molecule has 0 aromatic carbocycles. The van der Waals surface area contributed by atoms with Crippen molar-refractivity contribution < 1.29 is 0 Å². The summed E-state index contributed by atoms with van der Waals surface area (Å²) in [6.45, 7) is 1.02. The summed E-state index contributed by atoms with van der Waals surface area (Å²) in [6.07, 6.45) is 5.27. The predicted octanol–water partition coefficient (Wildman–Crippen LogP) is 0.110. The average Bonchev–Trinajstić information content (AvgIpc) is 2.78. The Bertz CT molecular complexity index is 251. The number of nitrogens with zero attached hydrogens (tertiary/aromatic N) is 3. The summed E-state index contributed by atoms with van der Waals surface area (Å²) in [5.74, 6) is 1.06. The maximum absolute atomic E-state index is 4.14. The van der Waals surface area contributed by atoms with Crippen molar-refractivity contribution in [3.63, 3.8) is 0 Å². The molecule has 1 heterocycles. The van der Waals surface area contributed by atoms with E-state index in [1.807, 2.05) is 11.7 Å². The fourth-order valence-electron chi connectivity index (χ4n) is 1.22. The topological polar surface area (TPSA) is 42.7 Å². The molecule has 0 spiro atoms. The highest BCUT2D eigenvalue weighted by Crippen LogP contribution is 2.18. The lowest BCUT2D eigenvalue weighted by molar-refractivity contribution is 0.631.